The Balaban J connectivity index is 1.94. The molecule has 3 rings (SSSR count). The summed E-state index contributed by atoms with van der Waals surface area (Å²) in [6.45, 7) is 5.27. The van der Waals surface area contributed by atoms with Gasteiger partial charge in [-0.1, -0.05) is 0 Å². The molecule has 1 saturated heterocycles. The van der Waals surface area contributed by atoms with Crippen LogP contribution in [-0.4, -0.2) is 53.5 Å². The number of fused-ring (bicyclic) bond motifs is 1. The van der Waals surface area contributed by atoms with Crippen LogP contribution in [0.3, 0.4) is 0 Å². The van der Waals surface area contributed by atoms with E-state index in [0.29, 0.717) is 24.4 Å². The Morgan fingerprint density at radius 2 is 2.33 bits per heavy atom. The minimum atomic E-state index is -0.392. The van der Waals surface area contributed by atoms with E-state index in [1.807, 2.05) is 12.3 Å². The number of aromatic nitrogens is 3. The smallest absolute Gasteiger partial charge is 0.343 e. The van der Waals surface area contributed by atoms with E-state index in [-0.39, 0.29) is 0 Å². The number of carbonyl (C=O) groups excluding carboxylic acids is 1. The molecule has 7 nitrogen and oxygen atoms in total. The number of hydrogen-bond acceptors (Lipinski definition) is 6. The van der Waals surface area contributed by atoms with Crippen LogP contribution in [0.1, 0.15) is 23.7 Å². The molecule has 7 heteroatoms. The first-order valence-corrected chi connectivity index (χ1v) is 7.14. The number of anilines is 1. The van der Waals surface area contributed by atoms with E-state index >= 15 is 0 Å². The van der Waals surface area contributed by atoms with E-state index in [4.69, 9.17) is 9.47 Å². The van der Waals surface area contributed by atoms with Crippen LogP contribution in [0.4, 0.5) is 5.82 Å². The van der Waals surface area contributed by atoms with Crippen LogP contribution in [0.15, 0.2) is 18.5 Å². The predicted molar refractivity (Wildman–Crippen MR) is 76.6 cm³/mol. The first kappa shape index (κ1) is 13.8. The molecule has 2 aromatic heterocycles. The van der Waals surface area contributed by atoms with E-state index < -0.39 is 5.97 Å². The van der Waals surface area contributed by atoms with Gasteiger partial charge in [-0.3, -0.25) is 0 Å². The van der Waals surface area contributed by atoms with Crippen LogP contribution in [0.25, 0.3) is 5.65 Å². The van der Waals surface area contributed by atoms with Crippen molar-refractivity contribution >= 4 is 17.4 Å². The Labute approximate surface area is 122 Å². The van der Waals surface area contributed by atoms with Crippen molar-refractivity contribution in [2.75, 3.05) is 37.8 Å². The van der Waals surface area contributed by atoms with Gasteiger partial charge in [0, 0.05) is 25.9 Å². The standard InChI is InChI=1S/C14H18N4O3/c1-2-21-14(19)11-10-15-18-6-4-12(16-13(11)18)17-5-3-8-20-9-7-17/h4,6,10H,2-3,5,7-9H2,1H3. The van der Waals surface area contributed by atoms with Crippen LogP contribution >= 0.6 is 0 Å². The van der Waals surface area contributed by atoms with E-state index in [2.05, 4.69) is 15.0 Å². The van der Waals surface area contributed by atoms with E-state index in [9.17, 15) is 4.79 Å². The third kappa shape index (κ3) is 2.82. The second kappa shape index (κ2) is 6.09. The van der Waals surface area contributed by atoms with Crippen molar-refractivity contribution in [3.05, 3.63) is 24.0 Å². The van der Waals surface area contributed by atoms with Crippen LogP contribution in [0.2, 0.25) is 0 Å². The van der Waals surface area contributed by atoms with Crippen LogP contribution in [-0.2, 0) is 9.47 Å². The highest BCUT2D eigenvalue weighted by Gasteiger charge is 2.17. The molecule has 0 aromatic carbocycles. The quantitative estimate of drug-likeness (QED) is 0.789. The molecule has 0 spiro atoms. The number of hydrogen-bond donors (Lipinski definition) is 0. The Morgan fingerprint density at radius 1 is 1.43 bits per heavy atom. The predicted octanol–water partition coefficient (Wildman–Crippen LogP) is 1.13. The van der Waals surface area contributed by atoms with Crippen molar-refractivity contribution in [2.45, 2.75) is 13.3 Å². The van der Waals surface area contributed by atoms with Gasteiger partial charge in [0.05, 0.1) is 19.4 Å². The zero-order valence-corrected chi connectivity index (χ0v) is 12.0. The van der Waals surface area contributed by atoms with Gasteiger partial charge < -0.3 is 14.4 Å². The van der Waals surface area contributed by atoms with Crippen molar-refractivity contribution in [3.63, 3.8) is 0 Å². The molecule has 0 atom stereocenters. The number of rotatable bonds is 3. The lowest BCUT2D eigenvalue weighted by Gasteiger charge is -2.20. The van der Waals surface area contributed by atoms with Gasteiger partial charge in [-0.15, -0.1) is 0 Å². The van der Waals surface area contributed by atoms with Crippen molar-refractivity contribution in [1.29, 1.82) is 0 Å². The van der Waals surface area contributed by atoms with Gasteiger partial charge in [0.15, 0.2) is 5.65 Å². The second-order valence-electron chi connectivity index (χ2n) is 4.79. The van der Waals surface area contributed by atoms with Gasteiger partial charge in [0.25, 0.3) is 0 Å². The lowest BCUT2D eigenvalue weighted by atomic mass is 10.3. The summed E-state index contributed by atoms with van der Waals surface area (Å²) in [5, 5.41) is 4.14. The third-order valence-electron chi connectivity index (χ3n) is 3.40. The molecule has 112 valence electrons. The van der Waals surface area contributed by atoms with Crippen LogP contribution in [0, 0.1) is 0 Å². The summed E-state index contributed by atoms with van der Waals surface area (Å²) in [5.74, 6) is 0.440. The van der Waals surface area contributed by atoms with Gasteiger partial charge >= 0.3 is 5.97 Å². The van der Waals surface area contributed by atoms with Crippen LogP contribution < -0.4 is 4.90 Å². The Hall–Kier alpha value is -2.15. The highest BCUT2D eigenvalue weighted by atomic mass is 16.5. The number of esters is 1. The zero-order valence-electron chi connectivity index (χ0n) is 12.0. The molecular formula is C14H18N4O3. The molecule has 3 heterocycles. The third-order valence-corrected chi connectivity index (χ3v) is 3.40. The van der Waals surface area contributed by atoms with Gasteiger partial charge in [-0.05, 0) is 19.4 Å². The molecule has 0 aliphatic carbocycles. The molecule has 1 fully saturated rings. The SMILES string of the molecule is CCOC(=O)c1cnn2ccc(N3CCCOCC3)nc12. The molecule has 0 amide bonds. The molecular weight excluding hydrogens is 272 g/mol. The number of nitrogens with zero attached hydrogens (tertiary/aromatic N) is 4. The van der Waals surface area contributed by atoms with Gasteiger partial charge in [0.2, 0.25) is 0 Å². The average molecular weight is 290 g/mol. The van der Waals surface area contributed by atoms with Crippen molar-refractivity contribution < 1.29 is 14.3 Å². The maximum Gasteiger partial charge on any atom is 0.343 e. The van der Waals surface area contributed by atoms with Crippen molar-refractivity contribution in [1.82, 2.24) is 14.6 Å². The van der Waals surface area contributed by atoms with E-state index in [1.165, 1.54) is 6.20 Å². The second-order valence-corrected chi connectivity index (χ2v) is 4.79. The molecule has 2 aromatic rings. The van der Waals surface area contributed by atoms with Gasteiger partial charge in [-0.2, -0.15) is 5.10 Å². The molecule has 0 radical (unpaired) electrons. The highest BCUT2D eigenvalue weighted by molar-refractivity contribution is 5.95. The minimum Gasteiger partial charge on any atom is -0.462 e. The molecule has 1 aliphatic heterocycles. The Kier molecular flexibility index (Phi) is 4.01. The summed E-state index contributed by atoms with van der Waals surface area (Å²) in [4.78, 5) is 18.6. The topological polar surface area (TPSA) is 69.0 Å². The first-order chi connectivity index (χ1) is 10.3. The molecule has 1 aliphatic rings. The largest absolute Gasteiger partial charge is 0.462 e. The molecule has 0 saturated carbocycles. The summed E-state index contributed by atoms with van der Waals surface area (Å²) >= 11 is 0. The highest BCUT2D eigenvalue weighted by Crippen LogP contribution is 2.17. The lowest BCUT2D eigenvalue weighted by Crippen LogP contribution is -2.27. The Morgan fingerprint density at radius 3 is 3.19 bits per heavy atom. The maximum absolute atomic E-state index is 11.9. The summed E-state index contributed by atoms with van der Waals surface area (Å²) in [6, 6.07) is 1.90. The van der Waals surface area contributed by atoms with E-state index in [1.54, 1.807) is 11.4 Å². The summed E-state index contributed by atoms with van der Waals surface area (Å²) in [5.41, 5.74) is 0.917. The Bertz CT molecular complexity index is 632. The van der Waals surface area contributed by atoms with Gasteiger partial charge in [-0.25, -0.2) is 14.3 Å². The lowest BCUT2D eigenvalue weighted by molar-refractivity contribution is 0.0528. The normalized spacial score (nSPS) is 16.0. The monoisotopic (exact) mass is 290 g/mol. The van der Waals surface area contributed by atoms with E-state index in [0.717, 1.165) is 31.9 Å². The minimum absolute atomic E-state index is 0.333. The molecule has 0 unspecified atom stereocenters. The zero-order chi connectivity index (χ0) is 14.7. The average Bonchev–Trinajstić information content (AvgIpc) is 2.73. The van der Waals surface area contributed by atoms with Crippen LogP contribution in [0.5, 0.6) is 0 Å². The van der Waals surface area contributed by atoms with Crippen molar-refractivity contribution in [2.24, 2.45) is 0 Å². The molecule has 0 bridgehead atoms. The first-order valence-electron chi connectivity index (χ1n) is 7.14. The number of carbonyl (C=O) groups is 1. The summed E-state index contributed by atoms with van der Waals surface area (Å²) in [7, 11) is 0. The fourth-order valence-corrected chi connectivity index (χ4v) is 2.36. The number of ether oxygens (including phenoxy) is 2. The fraction of sp³-hybridized carbons (Fsp3) is 0.500. The maximum atomic E-state index is 11.9. The fourth-order valence-electron chi connectivity index (χ4n) is 2.36. The molecule has 21 heavy (non-hydrogen) atoms. The van der Waals surface area contributed by atoms with Crippen molar-refractivity contribution in [3.8, 4) is 0 Å². The summed E-state index contributed by atoms with van der Waals surface area (Å²) < 4.78 is 12.1. The molecule has 0 N–H and O–H groups in total. The van der Waals surface area contributed by atoms with Gasteiger partial charge in [0.1, 0.15) is 11.4 Å². The summed E-state index contributed by atoms with van der Waals surface area (Å²) in [6.07, 6.45) is 4.28.